The maximum atomic E-state index is 13.2. The van der Waals surface area contributed by atoms with Gasteiger partial charge in [-0.25, -0.2) is 4.39 Å². The van der Waals surface area contributed by atoms with Crippen molar-refractivity contribution in [2.45, 2.75) is 6.61 Å². The van der Waals surface area contributed by atoms with Crippen molar-refractivity contribution in [3.63, 3.8) is 0 Å². The van der Waals surface area contributed by atoms with Gasteiger partial charge in [0.15, 0.2) is 0 Å². The second kappa shape index (κ2) is 5.79. The van der Waals surface area contributed by atoms with Crippen molar-refractivity contribution in [2.75, 3.05) is 0 Å². The minimum Gasteiger partial charge on any atom is -0.489 e. The quantitative estimate of drug-likeness (QED) is 0.741. The zero-order valence-electron chi connectivity index (χ0n) is 9.09. The summed E-state index contributed by atoms with van der Waals surface area (Å²) in [5.41, 5.74) is 0.663. The molecule has 0 aliphatic rings. The lowest BCUT2D eigenvalue weighted by Crippen LogP contribution is -1.97. The lowest BCUT2D eigenvalue weighted by Gasteiger charge is -2.09. The highest BCUT2D eigenvalue weighted by Gasteiger charge is 2.07. The fourth-order valence-corrected chi connectivity index (χ4v) is 2.02. The van der Waals surface area contributed by atoms with Gasteiger partial charge in [-0.2, -0.15) is 0 Å². The molecular weight excluding hydrogens is 297 g/mol. The number of benzene rings is 2. The molecule has 5 heteroatoms. The second-order valence-electron chi connectivity index (χ2n) is 3.56. The molecule has 0 aromatic heterocycles. The first-order valence-electron chi connectivity index (χ1n) is 5.08. The van der Waals surface area contributed by atoms with Crippen LogP contribution in [0.3, 0.4) is 0 Å². The van der Waals surface area contributed by atoms with E-state index in [1.807, 2.05) is 0 Å². The van der Waals surface area contributed by atoms with E-state index in [9.17, 15) is 4.39 Å². The number of hydrogen-bond acceptors (Lipinski definition) is 1. The number of hydrogen-bond donors (Lipinski definition) is 0. The molecule has 0 unspecified atom stereocenters. The van der Waals surface area contributed by atoms with Crippen molar-refractivity contribution < 1.29 is 9.13 Å². The van der Waals surface area contributed by atoms with Crippen molar-refractivity contribution in [2.24, 2.45) is 0 Å². The third-order valence-electron chi connectivity index (χ3n) is 2.34. The van der Waals surface area contributed by atoms with E-state index >= 15 is 0 Å². The Bertz CT molecular complexity index is 552. The first kappa shape index (κ1) is 13.5. The third-order valence-corrected chi connectivity index (χ3v) is 3.35. The minimum atomic E-state index is -0.528. The molecule has 0 aliphatic heterocycles. The summed E-state index contributed by atoms with van der Waals surface area (Å²) in [5.74, 6) is -0.160. The molecule has 0 heterocycles. The predicted molar refractivity (Wildman–Crippen MR) is 72.2 cm³/mol. The Labute approximate surface area is 119 Å². The zero-order valence-corrected chi connectivity index (χ0v) is 11.4. The maximum Gasteiger partial charge on any atom is 0.145 e. The lowest BCUT2D eigenvalue weighted by molar-refractivity contribution is 0.305. The summed E-state index contributed by atoms with van der Waals surface area (Å²) in [4.78, 5) is 0. The lowest BCUT2D eigenvalue weighted by atomic mass is 10.2. The average molecular weight is 306 g/mol. The molecule has 2 aromatic rings. The smallest absolute Gasteiger partial charge is 0.145 e. The SMILES string of the molecule is Fc1cc(OCc2c(Cl)cccc2Cl)ccc1Cl. The Balaban J connectivity index is 2.14. The molecule has 0 spiro atoms. The monoisotopic (exact) mass is 304 g/mol. The second-order valence-corrected chi connectivity index (χ2v) is 4.79. The Kier molecular flexibility index (Phi) is 4.33. The molecule has 0 atom stereocenters. The molecule has 0 amide bonds. The van der Waals surface area contributed by atoms with Gasteiger partial charge in [0.05, 0.1) is 5.02 Å². The summed E-state index contributed by atoms with van der Waals surface area (Å²) < 4.78 is 18.6. The standard InChI is InChI=1S/C13H8Cl3FO/c14-10-2-1-3-11(15)9(10)7-18-8-4-5-12(16)13(17)6-8/h1-6H,7H2. The zero-order chi connectivity index (χ0) is 13.1. The first-order chi connectivity index (χ1) is 8.58. The Hall–Kier alpha value is -0.960. The molecule has 0 aliphatic carbocycles. The largest absolute Gasteiger partial charge is 0.489 e. The number of rotatable bonds is 3. The molecule has 0 radical (unpaired) electrons. The topological polar surface area (TPSA) is 9.23 Å². The highest BCUT2D eigenvalue weighted by Crippen LogP contribution is 2.27. The van der Waals surface area contributed by atoms with Crippen molar-refractivity contribution in [1.82, 2.24) is 0 Å². The van der Waals surface area contributed by atoms with E-state index in [1.54, 1.807) is 24.3 Å². The number of ether oxygens (including phenoxy) is 1. The van der Waals surface area contributed by atoms with Crippen LogP contribution in [0.5, 0.6) is 5.75 Å². The highest BCUT2D eigenvalue weighted by atomic mass is 35.5. The average Bonchev–Trinajstić information content (AvgIpc) is 2.33. The van der Waals surface area contributed by atoms with Crippen LogP contribution in [-0.2, 0) is 6.61 Å². The van der Waals surface area contributed by atoms with Gasteiger partial charge in [0.1, 0.15) is 18.2 Å². The molecule has 0 bridgehead atoms. The van der Waals surface area contributed by atoms with Crippen LogP contribution in [0.25, 0.3) is 0 Å². The normalized spacial score (nSPS) is 10.4. The maximum absolute atomic E-state index is 13.2. The molecular formula is C13H8Cl3FO. The Morgan fingerprint density at radius 1 is 0.944 bits per heavy atom. The highest BCUT2D eigenvalue weighted by molar-refractivity contribution is 6.35. The molecule has 2 aromatic carbocycles. The fourth-order valence-electron chi connectivity index (χ4n) is 1.39. The summed E-state index contributed by atoms with van der Waals surface area (Å²) in [6.45, 7) is 0.166. The molecule has 94 valence electrons. The van der Waals surface area contributed by atoms with Crippen molar-refractivity contribution in [3.8, 4) is 5.75 Å². The van der Waals surface area contributed by atoms with Gasteiger partial charge in [-0.15, -0.1) is 0 Å². The first-order valence-corrected chi connectivity index (χ1v) is 6.22. The predicted octanol–water partition coefficient (Wildman–Crippen LogP) is 5.36. The molecule has 0 saturated carbocycles. The van der Waals surface area contributed by atoms with Crippen LogP contribution in [0.4, 0.5) is 4.39 Å². The Morgan fingerprint density at radius 2 is 1.61 bits per heavy atom. The van der Waals surface area contributed by atoms with E-state index in [-0.39, 0.29) is 11.6 Å². The molecule has 0 fully saturated rings. The molecule has 0 saturated heterocycles. The van der Waals surface area contributed by atoms with Crippen molar-refractivity contribution in [3.05, 3.63) is 62.8 Å². The summed E-state index contributed by atoms with van der Waals surface area (Å²) in [6, 6.07) is 9.41. The van der Waals surface area contributed by atoms with Crippen LogP contribution in [0, 0.1) is 5.82 Å². The van der Waals surface area contributed by atoms with E-state index in [4.69, 9.17) is 39.5 Å². The van der Waals surface area contributed by atoms with Crippen LogP contribution in [-0.4, -0.2) is 0 Å². The van der Waals surface area contributed by atoms with E-state index in [0.29, 0.717) is 21.4 Å². The van der Waals surface area contributed by atoms with Crippen LogP contribution < -0.4 is 4.74 Å². The minimum absolute atomic E-state index is 0.0538. The molecule has 0 N–H and O–H groups in total. The van der Waals surface area contributed by atoms with Crippen LogP contribution in [0.15, 0.2) is 36.4 Å². The van der Waals surface area contributed by atoms with Gasteiger partial charge in [-0.3, -0.25) is 0 Å². The molecule has 18 heavy (non-hydrogen) atoms. The van der Waals surface area contributed by atoms with Gasteiger partial charge in [-0.05, 0) is 24.3 Å². The van der Waals surface area contributed by atoms with E-state index < -0.39 is 5.82 Å². The Morgan fingerprint density at radius 3 is 2.22 bits per heavy atom. The van der Waals surface area contributed by atoms with Gasteiger partial charge in [0.25, 0.3) is 0 Å². The van der Waals surface area contributed by atoms with Crippen molar-refractivity contribution >= 4 is 34.8 Å². The van der Waals surface area contributed by atoms with Gasteiger partial charge in [0, 0.05) is 21.7 Å². The third kappa shape index (κ3) is 3.08. The molecule has 2 rings (SSSR count). The van der Waals surface area contributed by atoms with Gasteiger partial charge in [-0.1, -0.05) is 40.9 Å². The van der Waals surface area contributed by atoms with Gasteiger partial charge >= 0.3 is 0 Å². The summed E-state index contributed by atoms with van der Waals surface area (Å²) in [5, 5.41) is 1.08. The summed E-state index contributed by atoms with van der Waals surface area (Å²) in [6.07, 6.45) is 0. The van der Waals surface area contributed by atoms with Gasteiger partial charge < -0.3 is 4.74 Å². The van der Waals surface area contributed by atoms with Gasteiger partial charge in [0.2, 0.25) is 0 Å². The van der Waals surface area contributed by atoms with Crippen LogP contribution >= 0.6 is 34.8 Å². The summed E-state index contributed by atoms with van der Waals surface area (Å²) in [7, 11) is 0. The molecule has 1 nitrogen and oxygen atoms in total. The number of halogens is 4. The van der Waals surface area contributed by atoms with Crippen LogP contribution in [0.2, 0.25) is 15.1 Å². The van der Waals surface area contributed by atoms with E-state index in [2.05, 4.69) is 0 Å². The summed E-state index contributed by atoms with van der Waals surface area (Å²) >= 11 is 17.6. The fraction of sp³-hybridized carbons (Fsp3) is 0.0769. The van der Waals surface area contributed by atoms with Crippen LogP contribution in [0.1, 0.15) is 5.56 Å². The van der Waals surface area contributed by atoms with E-state index in [0.717, 1.165) is 0 Å². The van der Waals surface area contributed by atoms with E-state index in [1.165, 1.54) is 12.1 Å². The van der Waals surface area contributed by atoms with Crippen molar-refractivity contribution in [1.29, 1.82) is 0 Å².